The first-order valence-electron chi connectivity index (χ1n) is 6.73. The van der Waals surface area contributed by atoms with Gasteiger partial charge in [0, 0.05) is 6.42 Å². The number of para-hydroxylation sites is 1. The maximum Gasteiger partial charge on any atom is 0.125 e. The Bertz CT molecular complexity index is 496. The van der Waals surface area contributed by atoms with Gasteiger partial charge in [-0.05, 0) is 37.7 Å². The third-order valence-electron chi connectivity index (χ3n) is 3.19. The Morgan fingerprint density at radius 3 is 2.37 bits per heavy atom. The minimum Gasteiger partial charge on any atom is -0.485 e. The first kappa shape index (κ1) is 13.6. The molecule has 0 radical (unpaired) electrons. The topological polar surface area (TPSA) is 21.3 Å². The molecule has 1 atom stereocenters. The highest BCUT2D eigenvalue weighted by Crippen LogP contribution is 2.26. The Morgan fingerprint density at radius 1 is 1.00 bits per heavy atom. The Labute approximate surface area is 115 Å². The van der Waals surface area contributed by atoms with Gasteiger partial charge in [0.05, 0.1) is 0 Å². The Morgan fingerprint density at radius 2 is 1.68 bits per heavy atom. The van der Waals surface area contributed by atoms with Crippen LogP contribution in [0.15, 0.2) is 54.6 Å². The van der Waals surface area contributed by atoms with Crippen molar-refractivity contribution >= 4 is 0 Å². The van der Waals surface area contributed by atoms with E-state index in [1.165, 1.54) is 11.1 Å². The molecule has 0 heterocycles. The minimum atomic E-state index is 0.0924. The van der Waals surface area contributed by atoms with Gasteiger partial charge in [0.1, 0.15) is 11.9 Å². The van der Waals surface area contributed by atoms with Crippen molar-refractivity contribution in [2.24, 2.45) is 0 Å². The zero-order valence-electron chi connectivity index (χ0n) is 11.6. The number of nitrogens with one attached hydrogen (secondary N) is 1. The summed E-state index contributed by atoms with van der Waals surface area (Å²) in [5, 5.41) is 3.19. The normalized spacial score (nSPS) is 12.1. The standard InChI is InChI=1S/C17H21NO/c1-14-8-6-7-11-16(14)19-17(12-13-18-2)15-9-4-3-5-10-15/h3-11,17-18H,12-13H2,1-2H3/t17-/m0/s1. The summed E-state index contributed by atoms with van der Waals surface area (Å²) in [5.41, 5.74) is 2.40. The lowest BCUT2D eigenvalue weighted by Crippen LogP contribution is -2.16. The van der Waals surface area contributed by atoms with Gasteiger partial charge in [0.15, 0.2) is 0 Å². The molecule has 2 aromatic carbocycles. The summed E-state index contributed by atoms with van der Waals surface area (Å²) in [6, 6.07) is 18.6. The molecule has 0 aliphatic rings. The molecular weight excluding hydrogens is 234 g/mol. The molecule has 2 heteroatoms. The molecule has 0 aliphatic carbocycles. The third-order valence-corrected chi connectivity index (χ3v) is 3.19. The first-order chi connectivity index (χ1) is 9.31. The van der Waals surface area contributed by atoms with Gasteiger partial charge < -0.3 is 10.1 Å². The molecule has 0 aromatic heterocycles. The second kappa shape index (κ2) is 6.95. The second-order valence-electron chi connectivity index (χ2n) is 4.67. The van der Waals surface area contributed by atoms with Crippen molar-refractivity contribution in [1.82, 2.24) is 5.32 Å². The van der Waals surface area contributed by atoms with E-state index in [-0.39, 0.29) is 6.10 Å². The smallest absolute Gasteiger partial charge is 0.125 e. The molecule has 0 saturated carbocycles. The number of aryl methyl sites for hydroxylation is 1. The van der Waals surface area contributed by atoms with Crippen LogP contribution >= 0.6 is 0 Å². The quantitative estimate of drug-likeness (QED) is 0.849. The molecule has 0 fully saturated rings. The molecule has 0 aliphatic heterocycles. The first-order valence-corrected chi connectivity index (χ1v) is 6.73. The monoisotopic (exact) mass is 255 g/mol. The van der Waals surface area contributed by atoms with Gasteiger partial charge in [-0.1, -0.05) is 48.5 Å². The van der Waals surface area contributed by atoms with Gasteiger partial charge in [-0.3, -0.25) is 0 Å². The highest BCUT2D eigenvalue weighted by atomic mass is 16.5. The van der Waals surface area contributed by atoms with Crippen LogP contribution in [0.3, 0.4) is 0 Å². The van der Waals surface area contributed by atoms with Gasteiger partial charge in [0.2, 0.25) is 0 Å². The van der Waals surface area contributed by atoms with Crippen LogP contribution in [0, 0.1) is 6.92 Å². The SMILES string of the molecule is CNCC[C@H](Oc1ccccc1C)c1ccccc1. The number of hydrogen-bond acceptors (Lipinski definition) is 2. The van der Waals surface area contributed by atoms with Crippen LogP contribution in [-0.2, 0) is 0 Å². The van der Waals surface area contributed by atoms with E-state index in [0.29, 0.717) is 0 Å². The van der Waals surface area contributed by atoms with Crippen molar-refractivity contribution in [2.75, 3.05) is 13.6 Å². The number of ether oxygens (including phenoxy) is 1. The van der Waals surface area contributed by atoms with Crippen LogP contribution < -0.4 is 10.1 Å². The van der Waals surface area contributed by atoms with E-state index in [9.17, 15) is 0 Å². The zero-order valence-corrected chi connectivity index (χ0v) is 11.6. The third kappa shape index (κ3) is 3.83. The fourth-order valence-corrected chi connectivity index (χ4v) is 2.08. The molecule has 0 bridgehead atoms. The van der Waals surface area contributed by atoms with Crippen LogP contribution in [0.25, 0.3) is 0 Å². The van der Waals surface area contributed by atoms with Gasteiger partial charge in [-0.25, -0.2) is 0 Å². The Hall–Kier alpha value is -1.80. The van der Waals surface area contributed by atoms with Crippen molar-refractivity contribution in [3.05, 3.63) is 65.7 Å². The van der Waals surface area contributed by atoms with E-state index in [2.05, 4.69) is 42.6 Å². The molecule has 19 heavy (non-hydrogen) atoms. The van der Waals surface area contributed by atoms with Gasteiger partial charge in [-0.2, -0.15) is 0 Å². The van der Waals surface area contributed by atoms with E-state index in [1.54, 1.807) is 0 Å². The summed E-state index contributed by atoms with van der Waals surface area (Å²) in [6.07, 6.45) is 1.05. The summed E-state index contributed by atoms with van der Waals surface area (Å²) >= 11 is 0. The lowest BCUT2D eigenvalue weighted by Gasteiger charge is -2.20. The highest BCUT2D eigenvalue weighted by Gasteiger charge is 2.13. The Kier molecular flexibility index (Phi) is 4.99. The number of rotatable bonds is 6. The highest BCUT2D eigenvalue weighted by molar-refractivity contribution is 5.33. The summed E-state index contributed by atoms with van der Waals surface area (Å²) in [6.45, 7) is 3.01. The van der Waals surface area contributed by atoms with Gasteiger partial charge >= 0.3 is 0 Å². The largest absolute Gasteiger partial charge is 0.485 e. The number of hydrogen-bond donors (Lipinski definition) is 1. The molecule has 0 spiro atoms. The fourth-order valence-electron chi connectivity index (χ4n) is 2.08. The predicted molar refractivity (Wildman–Crippen MR) is 79.5 cm³/mol. The molecule has 2 aromatic rings. The van der Waals surface area contributed by atoms with Crippen molar-refractivity contribution in [3.8, 4) is 5.75 Å². The van der Waals surface area contributed by atoms with E-state index < -0.39 is 0 Å². The van der Waals surface area contributed by atoms with Crippen molar-refractivity contribution in [2.45, 2.75) is 19.4 Å². The summed E-state index contributed by atoms with van der Waals surface area (Å²) < 4.78 is 6.19. The maximum atomic E-state index is 6.19. The van der Waals surface area contributed by atoms with Crippen LogP contribution in [0.4, 0.5) is 0 Å². The van der Waals surface area contributed by atoms with E-state index >= 15 is 0 Å². The molecule has 0 amide bonds. The van der Waals surface area contributed by atoms with Crippen molar-refractivity contribution in [3.63, 3.8) is 0 Å². The summed E-state index contributed by atoms with van der Waals surface area (Å²) in [7, 11) is 1.97. The van der Waals surface area contributed by atoms with Crippen LogP contribution in [0.5, 0.6) is 5.75 Å². The predicted octanol–water partition coefficient (Wildman–Crippen LogP) is 3.72. The molecule has 100 valence electrons. The molecule has 2 nitrogen and oxygen atoms in total. The van der Waals surface area contributed by atoms with E-state index in [4.69, 9.17) is 4.74 Å². The summed E-state index contributed by atoms with van der Waals surface area (Å²) in [5.74, 6) is 0.965. The van der Waals surface area contributed by atoms with Crippen LogP contribution in [0.1, 0.15) is 23.7 Å². The van der Waals surface area contributed by atoms with Crippen molar-refractivity contribution < 1.29 is 4.74 Å². The van der Waals surface area contributed by atoms with E-state index in [1.807, 2.05) is 31.3 Å². The number of benzene rings is 2. The minimum absolute atomic E-state index is 0.0924. The lowest BCUT2D eigenvalue weighted by molar-refractivity contribution is 0.193. The second-order valence-corrected chi connectivity index (χ2v) is 4.67. The fraction of sp³-hybridized carbons (Fsp3) is 0.294. The Balaban J connectivity index is 2.17. The molecular formula is C17H21NO. The molecule has 0 saturated heterocycles. The van der Waals surface area contributed by atoms with Gasteiger partial charge in [0.25, 0.3) is 0 Å². The van der Waals surface area contributed by atoms with Crippen LogP contribution in [-0.4, -0.2) is 13.6 Å². The molecule has 0 unspecified atom stereocenters. The molecule has 1 N–H and O–H groups in total. The average molecular weight is 255 g/mol. The average Bonchev–Trinajstić information content (AvgIpc) is 2.46. The molecule has 2 rings (SSSR count). The lowest BCUT2D eigenvalue weighted by atomic mass is 10.1. The van der Waals surface area contributed by atoms with E-state index in [0.717, 1.165) is 18.7 Å². The maximum absolute atomic E-state index is 6.19. The van der Waals surface area contributed by atoms with Gasteiger partial charge in [-0.15, -0.1) is 0 Å². The van der Waals surface area contributed by atoms with Crippen molar-refractivity contribution in [1.29, 1.82) is 0 Å². The zero-order chi connectivity index (χ0) is 13.5. The van der Waals surface area contributed by atoms with Crippen LogP contribution in [0.2, 0.25) is 0 Å². The summed E-state index contributed by atoms with van der Waals surface area (Å²) in [4.78, 5) is 0.